The number of hydrogen-bond acceptors (Lipinski definition) is 1. The second kappa shape index (κ2) is 3.49. The highest BCUT2D eigenvalue weighted by atomic mass is 16.4. The van der Waals surface area contributed by atoms with Crippen LogP contribution in [-0.4, -0.2) is 11.1 Å². The van der Waals surface area contributed by atoms with Crippen molar-refractivity contribution >= 4 is 5.97 Å². The Hall–Kier alpha value is -0.530. The van der Waals surface area contributed by atoms with Gasteiger partial charge in [0.1, 0.15) is 0 Å². The van der Waals surface area contributed by atoms with Gasteiger partial charge < -0.3 is 5.11 Å². The topological polar surface area (TPSA) is 37.3 Å². The monoisotopic (exact) mass is 130 g/mol. The van der Waals surface area contributed by atoms with Crippen molar-refractivity contribution in [3.05, 3.63) is 0 Å². The van der Waals surface area contributed by atoms with Crippen molar-refractivity contribution in [3.63, 3.8) is 0 Å². The molecule has 0 aromatic carbocycles. The van der Waals surface area contributed by atoms with Gasteiger partial charge in [-0.25, -0.2) is 0 Å². The average molecular weight is 130 g/mol. The van der Waals surface area contributed by atoms with Crippen molar-refractivity contribution in [1.29, 1.82) is 0 Å². The molecule has 0 aromatic rings. The maximum atomic E-state index is 9.97. The van der Waals surface area contributed by atoms with Crippen LogP contribution in [0.4, 0.5) is 0 Å². The molecule has 0 bridgehead atoms. The first kappa shape index (κ1) is 8.47. The highest BCUT2D eigenvalue weighted by Gasteiger charge is 2.38. The van der Waals surface area contributed by atoms with E-state index in [-0.39, 0.29) is 5.92 Å². The van der Waals surface area contributed by atoms with Crippen molar-refractivity contribution in [2.45, 2.75) is 27.2 Å². The Kier molecular flexibility index (Phi) is 3.28. The van der Waals surface area contributed by atoms with Gasteiger partial charge in [-0.2, -0.15) is 0 Å². The minimum Gasteiger partial charge on any atom is -0.481 e. The smallest absolute Gasteiger partial charge is 0.306 e. The summed E-state index contributed by atoms with van der Waals surface area (Å²) >= 11 is 0. The molecule has 0 spiro atoms. The van der Waals surface area contributed by atoms with E-state index in [0.717, 1.165) is 6.42 Å². The van der Waals surface area contributed by atoms with Gasteiger partial charge in [-0.1, -0.05) is 20.8 Å². The minimum atomic E-state index is -0.632. The predicted octanol–water partition coefficient (Wildman–Crippen LogP) is 1.75. The van der Waals surface area contributed by atoms with Gasteiger partial charge in [-0.15, -0.1) is 0 Å². The van der Waals surface area contributed by atoms with Gasteiger partial charge in [0.25, 0.3) is 0 Å². The first-order valence-electron chi connectivity index (χ1n) is 3.44. The number of hydrogen-bond donors (Lipinski definition) is 1. The Morgan fingerprint density at radius 2 is 1.89 bits per heavy atom. The average Bonchev–Trinajstić information content (AvgIpc) is 2.52. The normalized spacial score (nSPS) is 30.1. The molecule has 0 aromatic heterocycles. The molecule has 2 unspecified atom stereocenters. The van der Waals surface area contributed by atoms with E-state index in [1.165, 1.54) is 0 Å². The van der Waals surface area contributed by atoms with Crippen molar-refractivity contribution in [2.24, 2.45) is 11.8 Å². The summed E-state index contributed by atoms with van der Waals surface area (Å²) < 4.78 is 0. The van der Waals surface area contributed by atoms with Crippen LogP contribution in [0.5, 0.6) is 0 Å². The zero-order valence-electron chi connectivity index (χ0n) is 6.22. The molecule has 2 nitrogen and oxygen atoms in total. The lowest BCUT2D eigenvalue weighted by molar-refractivity contribution is -0.138. The Balaban J connectivity index is 0.000000291. The van der Waals surface area contributed by atoms with Crippen LogP contribution in [0.1, 0.15) is 27.2 Å². The summed E-state index contributed by atoms with van der Waals surface area (Å²) in [6.45, 7) is 5.96. The van der Waals surface area contributed by atoms with Crippen LogP contribution in [-0.2, 0) is 4.79 Å². The number of aliphatic carboxylic acids is 1. The van der Waals surface area contributed by atoms with Crippen molar-refractivity contribution < 1.29 is 9.90 Å². The molecule has 1 N–H and O–H groups in total. The largest absolute Gasteiger partial charge is 0.481 e. The van der Waals surface area contributed by atoms with Crippen LogP contribution in [0, 0.1) is 11.8 Å². The van der Waals surface area contributed by atoms with E-state index in [1.807, 2.05) is 20.8 Å². The van der Waals surface area contributed by atoms with Crippen LogP contribution in [0.2, 0.25) is 0 Å². The first-order chi connectivity index (χ1) is 4.22. The lowest BCUT2D eigenvalue weighted by Crippen LogP contribution is -1.97. The van der Waals surface area contributed by atoms with Crippen molar-refractivity contribution in [2.75, 3.05) is 0 Å². The van der Waals surface area contributed by atoms with Crippen LogP contribution in [0.3, 0.4) is 0 Å². The van der Waals surface area contributed by atoms with Gasteiger partial charge in [0.05, 0.1) is 5.92 Å². The summed E-state index contributed by atoms with van der Waals surface area (Å²) in [6.07, 6.45) is 0.884. The van der Waals surface area contributed by atoms with E-state index in [1.54, 1.807) is 0 Å². The molecule has 1 aliphatic carbocycles. The Labute approximate surface area is 55.9 Å². The minimum absolute atomic E-state index is 0.0139. The highest BCUT2D eigenvalue weighted by Crippen LogP contribution is 2.37. The molecule has 54 valence electrons. The third-order valence-electron chi connectivity index (χ3n) is 1.43. The number of rotatable bonds is 1. The Morgan fingerprint density at radius 3 is 1.89 bits per heavy atom. The molecule has 2 heteroatoms. The van der Waals surface area contributed by atoms with E-state index in [4.69, 9.17) is 5.11 Å². The molecule has 0 amide bonds. The molecule has 1 fully saturated rings. The van der Waals surface area contributed by atoms with Crippen LogP contribution >= 0.6 is 0 Å². The molecular formula is C7H14O2. The fourth-order valence-corrected chi connectivity index (χ4v) is 0.666. The third kappa shape index (κ3) is 2.49. The molecule has 1 rings (SSSR count). The lowest BCUT2D eigenvalue weighted by Gasteiger charge is -1.79. The van der Waals surface area contributed by atoms with Gasteiger partial charge in [-0.05, 0) is 12.3 Å². The number of carboxylic acid groups (broad SMARTS) is 1. The summed E-state index contributed by atoms with van der Waals surface area (Å²) in [5.74, 6) is -0.204. The molecule has 2 atom stereocenters. The van der Waals surface area contributed by atoms with Crippen LogP contribution in [0.15, 0.2) is 0 Å². The van der Waals surface area contributed by atoms with Crippen molar-refractivity contribution in [1.82, 2.24) is 0 Å². The molecule has 9 heavy (non-hydrogen) atoms. The summed E-state index contributed by atoms with van der Waals surface area (Å²) in [4.78, 5) is 9.97. The molecule has 1 saturated carbocycles. The second-order valence-corrected chi connectivity index (χ2v) is 2.16. The molecule has 0 aliphatic heterocycles. The fourth-order valence-electron chi connectivity index (χ4n) is 0.666. The zero-order chi connectivity index (χ0) is 7.44. The quantitative estimate of drug-likeness (QED) is 0.587. The number of carbonyl (C=O) groups is 1. The Morgan fingerprint density at radius 1 is 1.56 bits per heavy atom. The summed E-state index contributed by atoms with van der Waals surface area (Å²) in [6, 6.07) is 0. The molecule has 0 saturated heterocycles. The van der Waals surface area contributed by atoms with Gasteiger partial charge in [-0.3, -0.25) is 4.79 Å². The van der Waals surface area contributed by atoms with Crippen LogP contribution in [0.25, 0.3) is 0 Å². The summed E-state index contributed by atoms with van der Waals surface area (Å²) in [5.41, 5.74) is 0. The molecule has 0 radical (unpaired) electrons. The van der Waals surface area contributed by atoms with E-state index in [0.29, 0.717) is 5.92 Å². The van der Waals surface area contributed by atoms with E-state index in [9.17, 15) is 4.79 Å². The maximum absolute atomic E-state index is 9.97. The lowest BCUT2D eigenvalue weighted by atomic mass is 10.3. The maximum Gasteiger partial charge on any atom is 0.306 e. The summed E-state index contributed by atoms with van der Waals surface area (Å²) in [5, 5.41) is 8.22. The van der Waals surface area contributed by atoms with Gasteiger partial charge in [0, 0.05) is 0 Å². The summed E-state index contributed by atoms with van der Waals surface area (Å²) in [7, 11) is 0. The van der Waals surface area contributed by atoms with Gasteiger partial charge >= 0.3 is 5.97 Å². The van der Waals surface area contributed by atoms with Gasteiger partial charge in [0.2, 0.25) is 0 Å². The fraction of sp³-hybridized carbons (Fsp3) is 0.857. The zero-order valence-corrected chi connectivity index (χ0v) is 6.22. The predicted molar refractivity (Wildman–Crippen MR) is 36.3 cm³/mol. The van der Waals surface area contributed by atoms with E-state index >= 15 is 0 Å². The number of carboxylic acids is 1. The second-order valence-electron chi connectivity index (χ2n) is 2.16. The van der Waals surface area contributed by atoms with Crippen LogP contribution < -0.4 is 0 Å². The Bertz CT molecular complexity index is 99.1. The van der Waals surface area contributed by atoms with Gasteiger partial charge in [0.15, 0.2) is 0 Å². The SMILES string of the molecule is CC.CC1CC1C(=O)O. The standard InChI is InChI=1S/C5H8O2.C2H6/c1-3-2-4(3)5(6)7;1-2/h3-4H,2H2,1H3,(H,6,7);1-2H3. The third-order valence-corrected chi connectivity index (χ3v) is 1.43. The first-order valence-corrected chi connectivity index (χ1v) is 3.44. The highest BCUT2D eigenvalue weighted by molar-refractivity contribution is 5.73. The van der Waals surface area contributed by atoms with E-state index in [2.05, 4.69) is 0 Å². The molecule has 1 aliphatic rings. The molecule has 0 heterocycles. The molecular weight excluding hydrogens is 116 g/mol. The van der Waals surface area contributed by atoms with E-state index < -0.39 is 5.97 Å². The van der Waals surface area contributed by atoms with Crippen molar-refractivity contribution in [3.8, 4) is 0 Å².